The molecule has 3 heterocycles. The van der Waals surface area contributed by atoms with Gasteiger partial charge in [-0.15, -0.1) is 0 Å². The van der Waals surface area contributed by atoms with Crippen molar-refractivity contribution in [1.82, 2.24) is 10.1 Å². The number of aromatic nitrogens is 2. The lowest BCUT2D eigenvalue weighted by atomic mass is 10.0. The Morgan fingerprint density at radius 3 is 2.83 bits per heavy atom. The summed E-state index contributed by atoms with van der Waals surface area (Å²) in [6, 6.07) is 13.4. The van der Waals surface area contributed by atoms with E-state index in [1.165, 1.54) is 5.56 Å². The minimum Gasteiger partial charge on any atom is -0.478 e. The third-order valence-corrected chi connectivity index (χ3v) is 8.28. The van der Waals surface area contributed by atoms with Crippen molar-refractivity contribution in [2.75, 3.05) is 18.0 Å². The standard InChI is InChI=1S/C28H29N3O4S/c1-17-5-2-3-7-21(17)25-22(26(35-30-25)18-8-9-18)16-34-20-6-4-13-31(14-12-20)28-29-23-11-10-19(27(32)33)15-24(23)36-28/h2-3,5,7,10-11,15,18,20H,4,6,8-9,12-14,16H2,1H3,(H,32,33). The second kappa shape index (κ2) is 9.67. The number of nitrogens with zero attached hydrogens (tertiary/aromatic N) is 3. The van der Waals surface area contributed by atoms with E-state index in [1.807, 2.05) is 12.1 Å². The Bertz CT molecular complexity index is 1410. The fourth-order valence-electron chi connectivity index (χ4n) is 4.98. The van der Waals surface area contributed by atoms with Crippen LogP contribution in [0.4, 0.5) is 5.13 Å². The smallest absolute Gasteiger partial charge is 0.335 e. The second-order valence-corrected chi connectivity index (χ2v) is 10.8. The lowest BCUT2D eigenvalue weighted by molar-refractivity contribution is 0.0328. The zero-order chi connectivity index (χ0) is 24.6. The van der Waals surface area contributed by atoms with Gasteiger partial charge in [-0.1, -0.05) is 40.8 Å². The van der Waals surface area contributed by atoms with Gasteiger partial charge in [0.1, 0.15) is 11.5 Å². The summed E-state index contributed by atoms with van der Waals surface area (Å²) in [5.41, 5.74) is 5.47. The van der Waals surface area contributed by atoms with E-state index in [4.69, 9.17) is 14.2 Å². The number of aromatic carboxylic acids is 1. The van der Waals surface area contributed by atoms with Gasteiger partial charge >= 0.3 is 5.97 Å². The average Bonchev–Trinajstić information content (AvgIpc) is 3.57. The Labute approximate surface area is 213 Å². The van der Waals surface area contributed by atoms with Gasteiger partial charge in [-0.3, -0.25) is 0 Å². The molecule has 4 aromatic rings. The molecule has 1 N–H and O–H groups in total. The van der Waals surface area contributed by atoms with Crippen molar-refractivity contribution in [3.63, 3.8) is 0 Å². The molecule has 1 saturated heterocycles. The number of carbonyl (C=O) groups is 1. The summed E-state index contributed by atoms with van der Waals surface area (Å²) < 4.78 is 13.3. The molecule has 7 nitrogen and oxygen atoms in total. The van der Waals surface area contributed by atoms with Crippen LogP contribution >= 0.6 is 11.3 Å². The van der Waals surface area contributed by atoms with Gasteiger partial charge in [0.2, 0.25) is 0 Å². The van der Waals surface area contributed by atoms with Crippen LogP contribution in [0, 0.1) is 6.92 Å². The lowest BCUT2D eigenvalue weighted by Crippen LogP contribution is -2.24. The molecule has 2 aliphatic rings. The molecule has 186 valence electrons. The predicted molar refractivity (Wildman–Crippen MR) is 140 cm³/mol. The van der Waals surface area contributed by atoms with E-state index in [2.05, 4.69) is 29.1 Å². The summed E-state index contributed by atoms with van der Waals surface area (Å²) in [4.78, 5) is 18.4. The average molecular weight is 504 g/mol. The van der Waals surface area contributed by atoms with Gasteiger partial charge in [0.15, 0.2) is 5.13 Å². The van der Waals surface area contributed by atoms with Crippen LogP contribution in [0.5, 0.6) is 0 Å². The number of thiazole rings is 1. The number of carboxylic acids is 1. The number of anilines is 1. The molecule has 0 radical (unpaired) electrons. The van der Waals surface area contributed by atoms with Gasteiger partial charge in [0.25, 0.3) is 0 Å². The van der Waals surface area contributed by atoms with E-state index in [1.54, 1.807) is 29.5 Å². The maximum Gasteiger partial charge on any atom is 0.335 e. The highest BCUT2D eigenvalue weighted by atomic mass is 32.1. The molecule has 36 heavy (non-hydrogen) atoms. The zero-order valence-corrected chi connectivity index (χ0v) is 21.1. The Balaban J connectivity index is 1.15. The maximum atomic E-state index is 11.3. The molecule has 1 aliphatic carbocycles. The van der Waals surface area contributed by atoms with Crippen LogP contribution in [0.1, 0.15) is 65.3 Å². The van der Waals surface area contributed by atoms with Gasteiger partial charge in [0.05, 0.1) is 28.5 Å². The lowest BCUT2D eigenvalue weighted by Gasteiger charge is -2.19. The fourth-order valence-corrected chi connectivity index (χ4v) is 6.04. The molecule has 2 aromatic carbocycles. The molecule has 8 heteroatoms. The SMILES string of the molecule is Cc1ccccc1-c1noc(C2CC2)c1COC1CCCN(c2nc3ccc(C(=O)O)cc3s2)CC1. The normalized spacial score (nSPS) is 18.5. The number of hydrogen-bond donors (Lipinski definition) is 1. The third kappa shape index (κ3) is 4.63. The van der Waals surface area contributed by atoms with Gasteiger partial charge in [-0.2, -0.15) is 0 Å². The Kier molecular flexibility index (Phi) is 6.23. The van der Waals surface area contributed by atoms with Crippen molar-refractivity contribution in [3.05, 3.63) is 64.9 Å². The first kappa shape index (κ1) is 23.2. The number of aryl methyl sites for hydroxylation is 1. The molecule has 0 bridgehead atoms. The number of benzene rings is 2. The van der Waals surface area contributed by atoms with Gasteiger partial charge in [0, 0.05) is 30.1 Å². The van der Waals surface area contributed by atoms with E-state index >= 15 is 0 Å². The summed E-state index contributed by atoms with van der Waals surface area (Å²) in [7, 11) is 0. The summed E-state index contributed by atoms with van der Waals surface area (Å²) in [6.45, 7) is 4.40. The largest absolute Gasteiger partial charge is 0.478 e. The van der Waals surface area contributed by atoms with E-state index in [0.717, 1.165) is 83.1 Å². The second-order valence-electron chi connectivity index (χ2n) is 9.80. The van der Waals surface area contributed by atoms with Crippen LogP contribution in [0.15, 0.2) is 47.0 Å². The fraction of sp³-hybridized carbons (Fsp3) is 0.393. The monoisotopic (exact) mass is 503 g/mol. The highest BCUT2D eigenvalue weighted by Crippen LogP contribution is 2.44. The van der Waals surface area contributed by atoms with E-state index in [9.17, 15) is 9.90 Å². The van der Waals surface area contributed by atoms with E-state index in [-0.39, 0.29) is 6.10 Å². The molecule has 1 unspecified atom stereocenters. The number of carboxylic acid groups (broad SMARTS) is 1. The van der Waals surface area contributed by atoms with E-state index in [0.29, 0.717) is 18.1 Å². The van der Waals surface area contributed by atoms with Gasteiger partial charge in [-0.05, 0) is 62.8 Å². The number of hydrogen-bond acceptors (Lipinski definition) is 7. The van der Waals surface area contributed by atoms with Crippen molar-refractivity contribution in [3.8, 4) is 11.3 Å². The molecular formula is C28H29N3O4S. The molecule has 0 amide bonds. The van der Waals surface area contributed by atoms with Crippen LogP contribution < -0.4 is 4.90 Å². The number of fused-ring (bicyclic) bond motifs is 1. The number of ether oxygens (including phenoxy) is 1. The Hall–Kier alpha value is -3.23. The molecular weight excluding hydrogens is 474 g/mol. The van der Waals surface area contributed by atoms with Crippen LogP contribution in [0.2, 0.25) is 0 Å². The van der Waals surface area contributed by atoms with Crippen LogP contribution in [0.25, 0.3) is 21.5 Å². The highest BCUT2D eigenvalue weighted by Gasteiger charge is 2.33. The van der Waals surface area contributed by atoms with Crippen molar-refractivity contribution >= 4 is 32.7 Å². The predicted octanol–water partition coefficient (Wildman–Crippen LogP) is 6.41. The van der Waals surface area contributed by atoms with Crippen molar-refractivity contribution in [1.29, 1.82) is 0 Å². The molecule has 6 rings (SSSR count). The van der Waals surface area contributed by atoms with Crippen LogP contribution in [0.3, 0.4) is 0 Å². The van der Waals surface area contributed by atoms with Crippen LogP contribution in [-0.4, -0.2) is 40.4 Å². The Morgan fingerprint density at radius 2 is 2.03 bits per heavy atom. The minimum atomic E-state index is -0.912. The van der Waals surface area contributed by atoms with Gasteiger partial charge in [-0.25, -0.2) is 9.78 Å². The first-order valence-electron chi connectivity index (χ1n) is 12.6. The molecule has 0 spiro atoms. The molecule has 1 saturated carbocycles. The summed E-state index contributed by atoms with van der Waals surface area (Å²) >= 11 is 1.56. The molecule has 2 aromatic heterocycles. The Morgan fingerprint density at radius 1 is 1.17 bits per heavy atom. The van der Waals surface area contributed by atoms with Crippen molar-refractivity contribution in [2.45, 2.75) is 57.7 Å². The first-order valence-corrected chi connectivity index (χ1v) is 13.4. The first-order chi connectivity index (χ1) is 17.6. The summed E-state index contributed by atoms with van der Waals surface area (Å²) in [6.07, 6.45) is 5.40. The van der Waals surface area contributed by atoms with Crippen molar-refractivity contribution < 1.29 is 19.2 Å². The van der Waals surface area contributed by atoms with Crippen molar-refractivity contribution in [2.24, 2.45) is 0 Å². The molecule has 1 aliphatic heterocycles. The zero-order valence-electron chi connectivity index (χ0n) is 20.3. The third-order valence-electron chi connectivity index (χ3n) is 7.20. The molecule has 1 atom stereocenters. The number of rotatable bonds is 7. The summed E-state index contributed by atoms with van der Waals surface area (Å²) in [5.74, 6) is 0.558. The van der Waals surface area contributed by atoms with E-state index < -0.39 is 5.97 Å². The quantitative estimate of drug-likeness (QED) is 0.312. The summed E-state index contributed by atoms with van der Waals surface area (Å²) in [5, 5.41) is 14.7. The molecule has 2 fully saturated rings. The minimum absolute atomic E-state index is 0.162. The topological polar surface area (TPSA) is 88.7 Å². The highest BCUT2D eigenvalue weighted by molar-refractivity contribution is 7.22. The van der Waals surface area contributed by atoms with Gasteiger partial charge < -0.3 is 19.3 Å². The van der Waals surface area contributed by atoms with Crippen LogP contribution in [-0.2, 0) is 11.3 Å². The maximum absolute atomic E-state index is 11.3.